The van der Waals surface area contributed by atoms with Gasteiger partial charge in [-0.3, -0.25) is 14.5 Å². The van der Waals surface area contributed by atoms with Gasteiger partial charge in [-0.25, -0.2) is 0 Å². The number of hydrogen-bond donors (Lipinski definition) is 1. The van der Waals surface area contributed by atoms with Crippen LogP contribution in [0.25, 0.3) is 22.4 Å². The summed E-state index contributed by atoms with van der Waals surface area (Å²) in [5.74, 6) is -0.176. The van der Waals surface area contributed by atoms with Gasteiger partial charge in [-0.2, -0.15) is 5.10 Å². The smallest absolute Gasteiger partial charge is 0.253 e. The molecule has 0 spiro atoms. The average molecular weight is 472 g/mol. The minimum Gasteiger partial charge on any atom is -0.374 e. The molecule has 1 aliphatic rings. The van der Waals surface area contributed by atoms with E-state index in [4.69, 9.17) is 11.6 Å². The lowest BCUT2D eigenvalue weighted by Crippen LogP contribution is -2.24. The molecule has 2 aromatic carbocycles. The summed E-state index contributed by atoms with van der Waals surface area (Å²) in [5.41, 5.74) is 8.38. The van der Waals surface area contributed by atoms with Crippen LogP contribution in [0.3, 0.4) is 0 Å². The van der Waals surface area contributed by atoms with Crippen molar-refractivity contribution >= 4 is 23.2 Å². The number of carbonyl (C=O) groups is 1. The van der Waals surface area contributed by atoms with Crippen LogP contribution in [0, 0.1) is 6.92 Å². The Hall–Kier alpha value is -3.64. The van der Waals surface area contributed by atoms with E-state index in [0.717, 1.165) is 40.8 Å². The molecule has 2 aromatic heterocycles. The Morgan fingerprint density at radius 3 is 2.68 bits per heavy atom. The van der Waals surface area contributed by atoms with Crippen molar-refractivity contribution in [1.29, 1.82) is 0 Å². The number of pyridine rings is 1. The summed E-state index contributed by atoms with van der Waals surface area (Å²) in [6, 6.07) is 14.1. The highest BCUT2D eigenvalue weighted by atomic mass is 35.5. The Balaban J connectivity index is 1.47. The highest BCUT2D eigenvalue weighted by Crippen LogP contribution is 2.30. The lowest BCUT2D eigenvalue weighted by Gasteiger charge is -2.13. The Bertz CT molecular complexity index is 1370. The first-order valence-electron chi connectivity index (χ1n) is 11.2. The Labute approximate surface area is 204 Å². The van der Waals surface area contributed by atoms with E-state index in [-0.39, 0.29) is 5.91 Å². The normalized spacial score (nSPS) is 12.6. The lowest BCUT2D eigenvalue weighted by atomic mass is 10.0. The summed E-state index contributed by atoms with van der Waals surface area (Å²) in [4.78, 5) is 20.3. The summed E-state index contributed by atoms with van der Waals surface area (Å²) in [7, 11) is 3.95. The molecule has 5 rings (SSSR count). The zero-order valence-electron chi connectivity index (χ0n) is 19.5. The zero-order valence-corrected chi connectivity index (χ0v) is 20.2. The van der Waals surface area contributed by atoms with Crippen molar-refractivity contribution in [2.24, 2.45) is 7.05 Å². The van der Waals surface area contributed by atoms with Crippen molar-refractivity contribution in [2.75, 3.05) is 18.5 Å². The number of amides is 1. The summed E-state index contributed by atoms with van der Waals surface area (Å²) >= 11 is 6.29. The quantitative estimate of drug-likeness (QED) is 0.443. The number of benzene rings is 2. The maximum atomic E-state index is 13.4. The van der Waals surface area contributed by atoms with Gasteiger partial charge in [-0.05, 0) is 59.9 Å². The Kier molecular flexibility index (Phi) is 5.84. The van der Waals surface area contributed by atoms with Crippen LogP contribution in [0.5, 0.6) is 0 Å². The molecular weight excluding hydrogens is 446 g/mol. The van der Waals surface area contributed by atoms with Crippen molar-refractivity contribution in [2.45, 2.75) is 19.9 Å². The number of nitrogens with one attached hydrogen (secondary N) is 1. The first kappa shape index (κ1) is 22.2. The zero-order chi connectivity index (χ0) is 23.8. The molecule has 6 nitrogen and oxygen atoms in total. The fraction of sp³-hybridized carbons (Fsp3) is 0.222. The highest BCUT2D eigenvalue weighted by Gasteiger charge is 2.19. The molecule has 7 heteroatoms. The number of rotatable bonds is 5. The van der Waals surface area contributed by atoms with Crippen molar-refractivity contribution < 1.29 is 4.79 Å². The number of nitrogens with zero attached hydrogens (tertiary/aromatic N) is 4. The fourth-order valence-electron chi connectivity index (χ4n) is 4.48. The lowest BCUT2D eigenvalue weighted by molar-refractivity contribution is 0.0951. The van der Waals surface area contributed by atoms with E-state index in [1.54, 1.807) is 17.1 Å². The minimum absolute atomic E-state index is 0.176. The number of likely N-dealkylation sites (N-methyl/N-ethyl adjacent to an activating group) is 1. The molecule has 1 N–H and O–H groups in total. The molecule has 4 aromatic rings. The van der Waals surface area contributed by atoms with Gasteiger partial charge in [0.1, 0.15) is 0 Å². The second-order valence-corrected chi connectivity index (χ2v) is 9.29. The number of aromatic nitrogens is 3. The third kappa shape index (κ3) is 4.41. The predicted molar refractivity (Wildman–Crippen MR) is 136 cm³/mol. The van der Waals surface area contributed by atoms with E-state index >= 15 is 0 Å². The number of carbonyl (C=O) groups excluding carboxylic acids is 1. The van der Waals surface area contributed by atoms with Gasteiger partial charge in [-0.15, -0.1) is 0 Å². The van der Waals surface area contributed by atoms with Crippen LogP contribution < -0.4 is 10.2 Å². The molecule has 1 aliphatic heterocycles. The van der Waals surface area contributed by atoms with Crippen LogP contribution in [0.4, 0.5) is 5.69 Å². The van der Waals surface area contributed by atoms with Gasteiger partial charge in [-0.1, -0.05) is 29.8 Å². The molecule has 34 heavy (non-hydrogen) atoms. The van der Waals surface area contributed by atoms with Gasteiger partial charge in [0.2, 0.25) is 0 Å². The van der Waals surface area contributed by atoms with Gasteiger partial charge in [0, 0.05) is 61.4 Å². The van der Waals surface area contributed by atoms with E-state index in [0.29, 0.717) is 22.8 Å². The first-order valence-corrected chi connectivity index (χ1v) is 11.6. The molecule has 0 radical (unpaired) electrons. The Morgan fingerprint density at radius 1 is 1.06 bits per heavy atom. The molecule has 3 heterocycles. The number of hydrogen-bond acceptors (Lipinski definition) is 4. The third-order valence-electron chi connectivity index (χ3n) is 6.21. The molecular formula is C27H26ClN5O. The molecule has 0 bridgehead atoms. The molecule has 0 saturated heterocycles. The van der Waals surface area contributed by atoms with E-state index in [1.807, 2.05) is 44.4 Å². The molecule has 0 saturated carbocycles. The van der Waals surface area contributed by atoms with E-state index < -0.39 is 0 Å². The maximum absolute atomic E-state index is 13.4. The highest BCUT2D eigenvalue weighted by molar-refractivity contribution is 6.31. The largest absolute Gasteiger partial charge is 0.374 e. The molecule has 172 valence electrons. The van der Waals surface area contributed by atoms with Crippen LogP contribution in [-0.4, -0.2) is 34.3 Å². The summed E-state index contributed by atoms with van der Waals surface area (Å²) < 4.78 is 1.70. The number of fused-ring (bicyclic) bond motifs is 1. The van der Waals surface area contributed by atoms with Crippen LogP contribution >= 0.6 is 11.6 Å². The fourth-order valence-corrected chi connectivity index (χ4v) is 4.77. The van der Waals surface area contributed by atoms with Gasteiger partial charge in [0.15, 0.2) is 0 Å². The average Bonchev–Trinajstić information content (AvgIpc) is 3.41. The van der Waals surface area contributed by atoms with Crippen molar-refractivity contribution in [3.8, 4) is 22.4 Å². The van der Waals surface area contributed by atoms with Crippen molar-refractivity contribution in [3.63, 3.8) is 0 Å². The van der Waals surface area contributed by atoms with Gasteiger partial charge in [0.25, 0.3) is 5.91 Å². The topological polar surface area (TPSA) is 63.1 Å². The maximum Gasteiger partial charge on any atom is 0.253 e. The molecule has 0 fully saturated rings. The number of halogens is 1. The van der Waals surface area contributed by atoms with Gasteiger partial charge >= 0.3 is 0 Å². The molecule has 1 amide bonds. The standard InChI is InChI=1S/C27H26ClN5O/c1-17-8-20(11-23(28)9-17)21-12-24(26(29-14-21)22-15-31-33(3)16-22)27(34)30-13-18-4-5-25-19(10-18)6-7-32(25)2/h4-5,8-12,14-16H,6-7,13H2,1-3H3,(H,30,34). The first-order chi connectivity index (χ1) is 16.4. The summed E-state index contributed by atoms with van der Waals surface area (Å²) in [5, 5.41) is 8.00. The van der Waals surface area contributed by atoms with Gasteiger partial charge in [0.05, 0.1) is 17.5 Å². The molecule has 0 aliphatic carbocycles. The molecule has 0 unspecified atom stereocenters. The van der Waals surface area contributed by atoms with Crippen LogP contribution in [-0.2, 0) is 20.0 Å². The van der Waals surface area contributed by atoms with Crippen molar-refractivity contribution in [1.82, 2.24) is 20.1 Å². The van der Waals surface area contributed by atoms with Crippen LogP contribution in [0.15, 0.2) is 61.1 Å². The van der Waals surface area contributed by atoms with E-state index in [9.17, 15) is 4.79 Å². The SMILES string of the molecule is Cc1cc(Cl)cc(-c2cnc(-c3cnn(C)c3)c(C(=O)NCc3ccc4c(c3)CCN4C)c2)c1. The second kappa shape index (κ2) is 8.95. The summed E-state index contributed by atoms with van der Waals surface area (Å²) in [6.45, 7) is 3.47. The minimum atomic E-state index is -0.176. The van der Waals surface area contributed by atoms with Crippen LogP contribution in [0.2, 0.25) is 5.02 Å². The van der Waals surface area contributed by atoms with E-state index in [2.05, 4.69) is 45.5 Å². The third-order valence-corrected chi connectivity index (χ3v) is 6.43. The predicted octanol–water partition coefficient (Wildman–Crippen LogP) is 5.03. The molecule has 0 atom stereocenters. The van der Waals surface area contributed by atoms with Gasteiger partial charge < -0.3 is 10.2 Å². The number of anilines is 1. The second-order valence-electron chi connectivity index (χ2n) is 8.86. The van der Waals surface area contributed by atoms with Crippen LogP contribution in [0.1, 0.15) is 27.0 Å². The Morgan fingerprint density at radius 2 is 1.91 bits per heavy atom. The van der Waals surface area contributed by atoms with E-state index in [1.165, 1.54) is 11.3 Å². The monoisotopic (exact) mass is 471 g/mol. The summed E-state index contributed by atoms with van der Waals surface area (Å²) in [6.07, 6.45) is 6.39. The van der Waals surface area contributed by atoms with Crippen molar-refractivity contribution in [3.05, 3.63) is 88.3 Å². The number of aryl methyl sites for hydroxylation is 2.